The summed E-state index contributed by atoms with van der Waals surface area (Å²) in [6.07, 6.45) is 2.46. The Hall–Kier alpha value is -0.800. The van der Waals surface area contributed by atoms with E-state index in [1.807, 2.05) is 0 Å². The van der Waals surface area contributed by atoms with Gasteiger partial charge >= 0.3 is 0 Å². The van der Waals surface area contributed by atoms with Gasteiger partial charge in [0.2, 0.25) is 0 Å². The number of halogens is 2. The maximum Gasteiger partial charge on any atom is 0.159 e. The highest BCUT2D eigenvalue weighted by molar-refractivity contribution is 9.09. The standard InChI is InChI=1S/C12H12BrClO2/c13-7-1-2-11(15)8-12(16)9-3-5-10(14)6-4-9/h3-6,8,16H,1-2,7H2/b12-8-. The van der Waals surface area contributed by atoms with E-state index in [0.29, 0.717) is 17.0 Å². The first-order valence-electron chi connectivity index (χ1n) is 4.89. The van der Waals surface area contributed by atoms with Gasteiger partial charge in [-0.1, -0.05) is 27.5 Å². The number of aliphatic hydroxyl groups excluding tert-OH is 1. The van der Waals surface area contributed by atoms with Crippen LogP contribution >= 0.6 is 27.5 Å². The summed E-state index contributed by atoms with van der Waals surface area (Å²) < 4.78 is 0. The monoisotopic (exact) mass is 302 g/mol. The summed E-state index contributed by atoms with van der Waals surface area (Å²) in [5.74, 6) is -0.0943. The van der Waals surface area contributed by atoms with Crippen LogP contribution in [0.1, 0.15) is 18.4 Å². The number of alkyl halides is 1. The van der Waals surface area contributed by atoms with Gasteiger partial charge in [0, 0.05) is 28.4 Å². The number of aliphatic hydroxyl groups is 1. The number of carbonyl (C=O) groups is 1. The van der Waals surface area contributed by atoms with Gasteiger partial charge in [0.25, 0.3) is 0 Å². The van der Waals surface area contributed by atoms with E-state index >= 15 is 0 Å². The molecule has 0 spiro atoms. The molecular weight excluding hydrogens is 291 g/mol. The summed E-state index contributed by atoms with van der Waals surface area (Å²) in [5, 5.41) is 11.1. The van der Waals surface area contributed by atoms with Crippen LogP contribution in [0, 0.1) is 0 Å². The molecule has 0 aliphatic rings. The van der Waals surface area contributed by atoms with E-state index in [-0.39, 0.29) is 11.5 Å². The van der Waals surface area contributed by atoms with Crippen LogP contribution in [-0.2, 0) is 4.79 Å². The van der Waals surface area contributed by atoms with E-state index in [9.17, 15) is 9.90 Å². The van der Waals surface area contributed by atoms with E-state index in [4.69, 9.17) is 11.6 Å². The lowest BCUT2D eigenvalue weighted by Crippen LogP contribution is -1.95. The van der Waals surface area contributed by atoms with Crippen LogP contribution in [0.2, 0.25) is 5.02 Å². The topological polar surface area (TPSA) is 37.3 Å². The SMILES string of the molecule is O=C(/C=C(\O)c1ccc(Cl)cc1)CCCBr. The molecule has 0 atom stereocenters. The summed E-state index contributed by atoms with van der Waals surface area (Å²) in [4.78, 5) is 11.4. The number of benzene rings is 1. The molecule has 1 rings (SSSR count). The van der Waals surface area contributed by atoms with Crippen molar-refractivity contribution in [2.24, 2.45) is 0 Å². The largest absolute Gasteiger partial charge is 0.507 e. The average Bonchev–Trinajstić information content (AvgIpc) is 2.27. The lowest BCUT2D eigenvalue weighted by molar-refractivity contribution is -0.114. The number of ketones is 1. The molecule has 4 heteroatoms. The van der Waals surface area contributed by atoms with Crippen molar-refractivity contribution in [2.75, 3.05) is 5.33 Å². The Labute approximate surface area is 108 Å². The zero-order valence-electron chi connectivity index (χ0n) is 8.62. The molecule has 16 heavy (non-hydrogen) atoms. The van der Waals surface area contributed by atoms with Crippen LogP contribution in [0.4, 0.5) is 0 Å². The van der Waals surface area contributed by atoms with Crippen molar-refractivity contribution in [1.29, 1.82) is 0 Å². The summed E-state index contributed by atoms with van der Waals surface area (Å²) in [5.41, 5.74) is 0.594. The molecule has 0 unspecified atom stereocenters. The zero-order valence-corrected chi connectivity index (χ0v) is 11.0. The van der Waals surface area contributed by atoms with Crippen molar-refractivity contribution in [2.45, 2.75) is 12.8 Å². The van der Waals surface area contributed by atoms with Crippen molar-refractivity contribution in [3.8, 4) is 0 Å². The van der Waals surface area contributed by atoms with Gasteiger partial charge in [0.15, 0.2) is 5.78 Å². The van der Waals surface area contributed by atoms with Gasteiger partial charge in [0.1, 0.15) is 5.76 Å². The molecule has 0 fully saturated rings. The van der Waals surface area contributed by atoms with Gasteiger partial charge in [0.05, 0.1) is 0 Å². The molecule has 86 valence electrons. The van der Waals surface area contributed by atoms with Crippen molar-refractivity contribution < 1.29 is 9.90 Å². The highest BCUT2D eigenvalue weighted by atomic mass is 79.9. The molecule has 0 saturated heterocycles. The van der Waals surface area contributed by atoms with Crippen LogP contribution in [-0.4, -0.2) is 16.2 Å². The van der Waals surface area contributed by atoms with Crippen LogP contribution < -0.4 is 0 Å². The van der Waals surface area contributed by atoms with Gasteiger partial charge in [-0.2, -0.15) is 0 Å². The number of hydrogen-bond donors (Lipinski definition) is 1. The van der Waals surface area contributed by atoms with Crippen LogP contribution in [0.25, 0.3) is 5.76 Å². The first kappa shape index (κ1) is 13.3. The van der Waals surface area contributed by atoms with E-state index < -0.39 is 0 Å². The molecule has 0 aromatic heterocycles. The minimum Gasteiger partial charge on any atom is -0.507 e. The van der Waals surface area contributed by atoms with Gasteiger partial charge in [-0.25, -0.2) is 0 Å². The van der Waals surface area contributed by atoms with Crippen LogP contribution in [0.5, 0.6) is 0 Å². The Kier molecular flexibility index (Phi) is 5.56. The lowest BCUT2D eigenvalue weighted by Gasteiger charge is -2.00. The van der Waals surface area contributed by atoms with Crippen LogP contribution in [0.3, 0.4) is 0 Å². The van der Waals surface area contributed by atoms with Crippen molar-refractivity contribution in [3.05, 3.63) is 40.9 Å². The van der Waals surface area contributed by atoms with Crippen molar-refractivity contribution in [3.63, 3.8) is 0 Å². The number of allylic oxidation sites excluding steroid dienone is 1. The van der Waals surface area contributed by atoms with Gasteiger partial charge in [-0.05, 0) is 30.7 Å². The van der Waals surface area contributed by atoms with Gasteiger partial charge in [-0.3, -0.25) is 4.79 Å². The van der Waals surface area contributed by atoms with E-state index in [2.05, 4.69) is 15.9 Å². The molecule has 2 nitrogen and oxygen atoms in total. The van der Waals surface area contributed by atoms with E-state index in [1.54, 1.807) is 24.3 Å². The highest BCUT2D eigenvalue weighted by Gasteiger charge is 2.03. The number of rotatable bonds is 5. The molecule has 0 bridgehead atoms. The second-order valence-corrected chi connectivity index (χ2v) is 4.52. The molecule has 0 heterocycles. The fraction of sp³-hybridized carbons (Fsp3) is 0.250. The minimum absolute atomic E-state index is 0.0174. The van der Waals surface area contributed by atoms with Gasteiger partial charge < -0.3 is 5.11 Å². The summed E-state index contributed by atoms with van der Waals surface area (Å²) in [6.45, 7) is 0. The van der Waals surface area contributed by atoms with E-state index in [1.165, 1.54) is 6.08 Å². The molecule has 0 amide bonds. The molecule has 0 radical (unpaired) electrons. The normalized spacial score (nSPS) is 11.5. The highest BCUT2D eigenvalue weighted by Crippen LogP contribution is 2.15. The Morgan fingerprint density at radius 3 is 2.56 bits per heavy atom. The minimum atomic E-state index is -0.0769. The van der Waals surface area contributed by atoms with Gasteiger partial charge in [-0.15, -0.1) is 0 Å². The molecule has 1 aromatic rings. The first-order chi connectivity index (χ1) is 7.63. The van der Waals surface area contributed by atoms with E-state index in [0.717, 1.165) is 11.8 Å². The third kappa shape index (κ3) is 4.37. The molecule has 1 aromatic carbocycles. The first-order valence-corrected chi connectivity index (χ1v) is 6.39. The third-order valence-electron chi connectivity index (χ3n) is 1.99. The molecule has 1 N–H and O–H groups in total. The summed E-state index contributed by atoms with van der Waals surface area (Å²) >= 11 is 8.96. The zero-order chi connectivity index (χ0) is 12.0. The van der Waals surface area contributed by atoms with Crippen molar-refractivity contribution >= 4 is 39.1 Å². The Morgan fingerprint density at radius 2 is 2.00 bits per heavy atom. The fourth-order valence-electron chi connectivity index (χ4n) is 1.17. The molecular formula is C12H12BrClO2. The molecule has 0 saturated carbocycles. The summed E-state index contributed by atoms with van der Waals surface area (Å²) in [6, 6.07) is 6.69. The molecule has 0 aliphatic heterocycles. The Balaban J connectivity index is 2.69. The fourth-order valence-corrected chi connectivity index (χ4v) is 1.58. The second-order valence-electron chi connectivity index (χ2n) is 3.30. The molecule has 0 aliphatic carbocycles. The average molecular weight is 304 g/mol. The quantitative estimate of drug-likeness (QED) is 0.507. The third-order valence-corrected chi connectivity index (χ3v) is 2.81. The Bertz CT molecular complexity index is 385. The smallest absolute Gasteiger partial charge is 0.159 e. The predicted octanol–water partition coefficient (Wildman–Crippen LogP) is 3.98. The maximum atomic E-state index is 11.4. The van der Waals surface area contributed by atoms with Crippen LogP contribution in [0.15, 0.2) is 30.3 Å². The maximum absolute atomic E-state index is 11.4. The van der Waals surface area contributed by atoms with Crippen molar-refractivity contribution in [1.82, 2.24) is 0 Å². The number of carbonyl (C=O) groups excluding carboxylic acids is 1. The lowest BCUT2D eigenvalue weighted by atomic mass is 10.1. The predicted molar refractivity (Wildman–Crippen MR) is 70.1 cm³/mol. The summed E-state index contributed by atoms with van der Waals surface area (Å²) in [7, 11) is 0. The Morgan fingerprint density at radius 1 is 1.38 bits per heavy atom. The second kappa shape index (κ2) is 6.71. The number of hydrogen-bond acceptors (Lipinski definition) is 2.